The first-order chi connectivity index (χ1) is 33.8. The summed E-state index contributed by atoms with van der Waals surface area (Å²) in [5, 5.41) is 14.3. The molecule has 0 fully saturated rings. The Bertz CT molecular complexity index is 3460. The number of rotatable bonds is 9. The van der Waals surface area contributed by atoms with Crippen molar-refractivity contribution in [3.05, 3.63) is 181 Å². The zero-order chi connectivity index (χ0) is 51.7. The number of fused-ring (bicyclic) bond motifs is 1. The van der Waals surface area contributed by atoms with Crippen LogP contribution >= 0.6 is 0 Å². The van der Waals surface area contributed by atoms with Gasteiger partial charge in [-0.2, -0.15) is 0 Å². The Morgan fingerprint density at radius 3 is 1.65 bits per heavy atom. The van der Waals surface area contributed by atoms with Crippen LogP contribution in [0, 0.1) is 0 Å². The average Bonchev–Trinajstić information content (AvgIpc) is 3.71. The number of benzene rings is 7. The first kappa shape index (κ1) is 50.7. The van der Waals surface area contributed by atoms with E-state index in [1.165, 1.54) is 20.7 Å². The van der Waals surface area contributed by atoms with Crippen molar-refractivity contribution in [2.45, 2.75) is 115 Å². The third kappa shape index (κ3) is 10.2. The topological polar surface area (TPSA) is 50.9 Å². The van der Waals surface area contributed by atoms with Gasteiger partial charge in [0.1, 0.15) is 0 Å². The van der Waals surface area contributed by atoms with Gasteiger partial charge in [0.2, 0.25) is 0 Å². The van der Waals surface area contributed by atoms with E-state index in [9.17, 15) is 5.11 Å². The Morgan fingerprint density at radius 1 is 0.486 bits per heavy atom. The van der Waals surface area contributed by atoms with E-state index in [-0.39, 0.29) is 22.0 Å². The molecule has 7 aromatic carbocycles. The van der Waals surface area contributed by atoms with Crippen molar-refractivity contribution < 1.29 is 5.11 Å². The fourth-order valence-electron chi connectivity index (χ4n) is 9.75. The second-order valence-corrected chi connectivity index (χ2v) is 40.8. The van der Waals surface area contributed by atoms with Crippen molar-refractivity contribution in [1.29, 1.82) is 0 Å². The van der Waals surface area contributed by atoms with Crippen molar-refractivity contribution in [1.82, 2.24) is 14.5 Å². The summed E-state index contributed by atoms with van der Waals surface area (Å²) < 4.78 is 3.75. The maximum atomic E-state index is 12.8. The first-order valence-corrected chi connectivity index (χ1v) is 36.5. The van der Waals surface area contributed by atoms with Crippen LogP contribution in [-0.4, -0.2) is 41.0 Å². The summed E-state index contributed by atoms with van der Waals surface area (Å²) in [6, 6.07) is 58.1. The molecule has 9 aromatic rings. The molecule has 366 valence electrons. The molecular weight excluding hydrogens is 951 g/mol. The van der Waals surface area contributed by atoms with Gasteiger partial charge >= 0.3 is 402 Å². The van der Waals surface area contributed by atoms with E-state index in [1.54, 1.807) is 0 Å². The minimum atomic E-state index is -2.63. The third-order valence-electron chi connectivity index (χ3n) is 14.3. The normalized spacial score (nSPS) is 12.7. The molecule has 0 unspecified atom stereocenters. The van der Waals surface area contributed by atoms with Crippen LogP contribution in [0.4, 0.5) is 0 Å². The van der Waals surface area contributed by atoms with Gasteiger partial charge in [-0.3, -0.25) is 0 Å². The molecule has 0 aliphatic rings. The predicted molar refractivity (Wildman–Crippen MR) is 315 cm³/mol. The number of nitrogens with zero attached hydrogens (tertiary/aromatic N) is 3. The summed E-state index contributed by atoms with van der Waals surface area (Å²) in [4.78, 5) is 10.9. The molecule has 0 saturated carbocycles. The quantitative estimate of drug-likeness (QED) is 0.147. The van der Waals surface area contributed by atoms with Crippen LogP contribution in [0.5, 0.6) is 5.75 Å². The van der Waals surface area contributed by atoms with Crippen LogP contribution in [0.2, 0.25) is 36.9 Å². The second-order valence-electron chi connectivity index (χ2n) is 25.1. The SMILES string of the molecule is CC(C)(C)c1cc(-c2cc(-c3ccccc3)ccn2)cc(-c2c[c]([Ge]([CH3])([CH3])[CH3])cc3c2nc(-c2cc(C(C)(C)C)cc(C(C)(C)C)c2O)n3-c2ccc(-c3ccc([Si](C)(C)C)cc3)cc2-c2ccccc2)c1. The molecule has 0 atom stereocenters. The van der Waals surface area contributed by atoms with E-state index < -0.39 is 21.3 Å². The third-order valence-corrected chi connectivity index (χ3v) is 20.6. The van der Waals surface area contributed by atoms with E-state index in [0.29, 0.717) is 5.82 Å². The van der Waals surface area contributed by atoms with Gasteiger partial charge in [-0.15, -0.1) is 0 Å². The summed E-state index contributed by atoms with van der Waals surface area (Å²) in [5.74, 6) is 8.42. The fraction of sp³-hybridized carbons (Fsp3) is 0.273. The number of phenolic OH excluding ortho intramolecular Hbond substituents is 1. The van der Waals surface area contributed by atoms with Gasteiger partial charge < -0.3 is 0 Å². The van der Waals surface area contributed by atoms with Gasteiger partial charge in [0, 0.05) is 0 Å². The molecule has 6 heteroatoms. The zero-order valence-corrected chi connectivity index (χ0v) is 48.5. The number of hydrogen-bond donors (Lipinski definition) is 1. The van der Waals surface area contributed by atoms with Crippen LogP contribution in [0.25, 0.3) is 83.9 Å². The van der Waals surface area contributed by atoms with Crippen LogP contribution in [0.1, 0.15) is 79.0 Å². The summed E-state index contributed by atoms with van der Waals surface area (Å²) >= 11 is -2.63. The average molecular weight is 1030 g/mol. The number of aromatic hydroxyl groups is 1. The van der Waals surface area contributed by atoms with Crippen molar-refractivity contribution in [2.75, 3.05) is 0 Å². The van der Waals surface area contributed by atoms with Crippen LogP contribution in [0.15, 0.2) is 164 Å². The van der Waals surface area contributed by atoms with E-state index in [4.69, 9.17) is 9.97 Å². The van der Waals surface area contributed by atoms with E-state index >= 15 is 0 Å². The molecule has 2 heterocycles. The van der Waals surface area contributed by atoms with Crippen LogP contribution in [0.3, 0.4) is 0 Å². The van der Waals surface area contributed by atoms with Gasteiger partial charge in [0.15, 0.2) is 0 Å². The van der Waals surface area contributed by atoms with Crippen LogP contribution in [-0.2, 0) is 16.2 Å². The van der Waals surface area contributed by atoms with E-state index in [2.05, 4.69) is 262 Å². The zero-order valence-electron chi connectivity index (χ0n) is 45.4. The summed E-state index contributed by atoms with van der Waals surface area (Å²) in [5.41, 5.74) is 17.2. The Hall–Kier alpha value is -6.28. The van der Waals surface area contributed by atoms with Crippen molar-refractivity contribution >= 4 is 42.0 Å². The molecule has 0 saturated heterocycles. The minimum absolute atomic E-state index is 0.158. The number of aromatic nitrogens is 3. The van der Waals surface area contributed by atoms with Crippen molar-refractivity contribution in [2.24, 2.45) is 0 Å². The summed E-state index contributed by atoms with van der Waals surface area (Å²) in [7, 11) is -1.49. The monoisotopic (exact) mass is 1030 g/mol. The maximum absolute atomic E-state index is 12.8. The predicted octanol–water partition coefficient (Wildman–Crippen LogP) is 17.1. The number of pyridine rings is 1. The van der Waals surface area contributed by atoms with E-state index in [1.807, 2.05) is 6.20 Å². The number of hydrogen-bond acceptors (Lipinski definition) is 3. The molecule has 0 aliphatic carbocycles. The van der Waals surface area contributed by atoms with Crippen LogP contribution < -0.4 is 9.58 Å². The molecule has 0 aliphatic heterocycles. The number of imidazole rings is 1. The molecule has 2 aromatic heterocycles. The molecular formula is C66H73GeN3OSi. The molecule has 0 spiro atoms. The van der Waals surface area contributed by atoms with Gasteiger partial charge in [-0.1, -0.05) is 25.7 Å². The first-order valence-electron chi connectivity index (χ1n) is 25.7. The Kier molecular flexibility index (Phi) is 13.1. The standard InChI is InChI=1S/C66H73GeN3OSi/c1-64(2,3)50-35-48(34-49(36-50)58-38-47(32-33-68-58)43-22-18-16-19-23-43)55-41-52(67(10,11)12)42-60-61(55)69-63(56-39-51(65(4,5)6)40-57(62(56)71)66(7,8)9)70(60)59-31-28-46(37-54(59)45-24-20-17-21-25-45)44-26-29-53(30-27-44)72(13,14)15/h16-42,71H,1-15H3. The second kappa shape index (κ2) is 18.6. The van der Waals surface area contributed by atoms with Gasteiger partial charge in [-0.05, 0) is 0 Å². The van der Waals surface area contributed by atoms with Gasteiger partial charge in [0.25, 0.3) is 0 Å². The van der Waals surface area contributed by atoms with Crippen molar-refractivity contribution in [3.63, 3.8) is 0 Å². The molecule has 1 N–H and O–H groups in total. The fourth-order valence-corrected chi connectivity index (χ4v) is 13.3. The van der Waals surface area contributed by atoms with Crippen molar-refractivity contribution in [3.8, 4) is 78.6 Å². The molecule has 4 nitrogen and oxygen atoms in total. The molecule has 0 amide bonds. The Balaban J connectivity index is 1.41. The molecule has 0 radical (unpaired) electrons. The summed E-state index contributed by atoms with van der Waals surface area (Å²) in [6.07, 6.45) is 1.93. The Morgan fingerprint density at radius 2 is 1.06 bits per heavy atom. The van der Waals surface area contributed by atoms with Gasteiger partial charge in [0.05, 0.1) is 8.07 Å². The summed E-state index contributed by atoms with van der Waals surface area (Å²) in [6.45, 7) is 27.4. The molecule has 0 bridgehead atoms. The van der Waals surface area contributed by atoms with E-state index in [0.717, 1.165) is 83.6 Å². The number of phenols is 1. The Labute approximate surface area is 433 Å². The molecule has 72 heavy (non-hydrogen) atoms. The van der Waals surface area contributed by atoms with Gasteiger partial charge in [-0.25, -0.2) is 0 Å². The molecule has 9 rings (SSSR count).